The van der Waals surface area contributed by atoms with Gasteiger partial charge in [0, 0.05) is 25.2 Å². The lowest BCUT2D eigenvalue weighted by Gasteiger charge is -2.20. The predicted molar refractivity (Wildman–Crippen MR) is 86.9 cm³/mol. The van der Waals surface area contributed by atoms with Crippen molar-refractivity contribution in [3.05, 3.63) is 29.8 Å². The summed E-state index contributed by atoms with van der Waals surface area (Å²) in [6, 6.07) is 6.17. The highest BCUT2D eigenvalue weighted by atomic mass is 16.5. The first-order valence-corrected chi connectivity index (χ1v) is 7.89. The van der Waals surface area contributed by atoms with Gasteiger partial charge in [0.2, 0.25) is 0 Å². The molecule has 0 radical (unpaired) electrons. The molecule has 1 saturated heterocycles. The topological polar surface area (TPSA) is 130 Å². The largest absolute Gasteiger partial charge is 0.426 e. The van der Waals surface area contributed by atoms with Crippen molar-refractivity contribution in [1.82, 2.24) is 10.1 Å². The molecule has 1 aliphatic rings. The van der Waals surface area contributed by atoms with Crippen LogP contribution in [0.25, 0.3) is 0 Å². The van der Waals surface area contributed by atoms with E-state index in [0.29, 0.717) is 25.4 Å². The van der Waals surface area contributed by atoms with E-state index in [4.69, 9.17) is 19.7 Å². The first kappa shape index (κ1) is 16.9. The minimum absolute atomic E-state index is 0.0777. The number of esters is 1. The Hall–Kier alpha value is -2.94. The number of carbonyl (C=O) groups excluding carboxylic acids is 2. The van der Waals surface area contributed by atoms with Crippen molar-refractivity contribution in [2.24, 2.45) is 5.92 Å². The summed E-state index contributed by atoms with van der Waals surface area (Å²) in [4.78, 5) is 27.9. The van der Waals surface area contributed by atoms with Crippen molar-refractivity contribution in [2.75, 3.05) is 24.3 Å². The van der Waals surface area contributed by atoms with Gasteiger partial charge in [-0.1, -0.05) is 6.07 Å². The molecule has 1 aromatic carbocycles. The zero-order chi connectivity index (χ0) is 17.6. The quantitative estimate of drug-likeness (QED) is 0.617. The number of aromatic nitrogens is 2. The van der Waals surface area contributed by atoms with Gasteiger partial charge in [0.15, 0.2) is 0 Å². The number of carbonyl (C=O) groups is 2. The van der Waals surface area contributed by atoms with Crippen LogP contribution in [0, 0.1) is 5.92 Å². The molecule has 0 aliphatic carbocycles. The standard InChI is InChI=1S/C16H18N4O5/c17-15-19-16(25-20-15)18-14(22)11-2-1-3-12(9-11)24-13(21)8-10-4-6-23-7-5-10/h1-3,9-10H,4-8H2,(H3,17,18,19,20,22). The van der Waals surface area contributed by atoms with E-state index in [0.717, 1.165) is 12.8 Å². The van der Waals surface area contributed by atoms with Gasteiger partial charge in [-0.05, 0) is 42.1 Å². The molecule has 25 heavy (non-hydrogen) atoms. The van der Waals surface area contributed by atoms with Crippen LogP contribution in [0.1, 0.15) is 29.6 Å². The van der Waals surface area contributed by atoms with Crippen LogP contribution in [0.4, 0.5) is 12.0 Å². The van der Waals surface area contributed by atoms with Crippen LogP contribution < -0.4 is 15.8 Å². The second kappa shape index (κ2) is 7.75. The second-order valence-electron chi connectivity index (χ2n) is 5.67. The highest BCUT2D eigenvalue weighted by Crippen LogP contribution is 2.21. The number of hydrogen-bond donors (Lipinski definition) is 2. The molecule has 1 amide bonds. The molecule has 0 saturated carbocycles. The fraction of sp³-hybridized carbons (Fsp3) is 0.375. The maximum Gasteiger partial charge on any atom is 0.330 e. The highest BCUT2D eigenvalue weighted by molar-refractivity contribution is 6.03. The molecule has 3 N–H and O–H groups in total. The number of ether oxygens (including phenoxy) is 2. The van der Waals surface area contributed by atoms with Gasteiger partial charge in [-0.15, -0.1) is 0 Å². The summed E-state index contributed by atoms with van der Waals surface area (Å²) in [6.07, 6.45) is 2.04. The van der Waals surface area contributed by atoms with Gasteiger partial charge in [-0.2, -0.15) is 4.98 Å². The Balaban J connectivity index is 1.58. The van der Waals surface area contributed by atoms with E-state index < -0.39 is 5.91 Å². The van der Waals surface area contributed by atoms with Crippen LogP contribution in [0.2, 0.25) is 0 Å². The number of nitrogens with zero attached hydrogens (tertiary/aromatic N) is 2. The normalized spacial score (nSPS) is 14.9. The van der Waals surface area contributed by atoms with Gasteiger partial charge in [0.1, 0.15) is 5.75 Å². The second-order valence-corrected chi connectivity index (χ2v) is 5.67. The molecule has 9 heteroatoms. The Labute approximate surface area is 143 Å². The molecule has 9 nitrogen and oxygen atoms in total. The highest BCUT2D eigenvalue weighted by Gasteiger charge is 2.19. The minimum atomic E-state index is -0.481. The molecular weight excluding hydrogens is 328 g/mol. The van der Waals surface area contributed by atoms with Gasteiger partial charge in [0.05, 0.1) is 0 Å². The van der Waals surface area contributed by atoms with E-state index in [1.807, 2.05) is 0 Å². The third-order valence-corrected chi connectivity index (χ3v) is 3.79. The maximum absolute atomic E-state index is 12.1. The van der Waals surface area contributed by atoms with Crippen LogP contribution in [0.15, 0.2) is 28.8 Å². The van der Waals surface area contributed by atoms with Crippen LogP contribution in [-0.2, 0) is 9.53 Å². The number of rotatable bonds is 5. The van der Waals surface area contributed by atoms with Crippen molar-refractivity contribution in [3.8, 4) is 5.75 Å². The molecule has 2 heterocycles. The number of hydrogen-bond acceptors (Lipinski definition) is 8. The summed E-state index contributed by atoms with van der Waals surface area (Å²) in [5.74, 6) is -0.309. The van der Waals surface area contributed by atoms with E-state index in [9.17, 15) is 9.59 Å². The lowest BCUT2D eigenvalue weighted by Crippen LogP contribution is -2.21. The zero-order valence-corrected chi connectivity index (χ0v) is 13.4. The Kier molecular flexibility index (Phi) is 5.24. The first-order chi connectivity index (χ1) is 12.1. The summed E-state index contributed by atoms with van der Waals surface area (Å²) in [5.41, 5.74) is 5.60. The van der Waals surface area contributed by atoms with Crippen LogP contribution >= 0.6 is 0 Å². The molecule has 2 aromatic rings. The van der Waals surface area contributed by atoms with Gasteiger partial charge in [0.25, 0.3) is 11.9 Å². The Morgan fingerprint density at radius 3 is 2.84 bits per heavy atom. The Morgan fingerprint density at radius 2 is 2.12 bits per heavy atom. The number of amides is 1. The fourth-order valence-corrected chi connectivity index (χ4v) is 2.52. The predicted octanol–water partition coefficient (Wildman–Crippen LogP) is 1.63. The average Bonchev–Trinajstić information content (AvgIpc) is 3.00. The lowest BCUT2D eigenvalue weighted by molar-refractivity contribution is -0.136. The number of anilines is 2. The average molecular weight is 346 g/mol. The summed E-state index contributed by atoms with van der Waals surface area (Å²) < 4.78 is 15.3. The van der Waals surface area contributed by atoms with E-state index in [2.05, 4.69) is 15.5 Å². The Morgan fingerprint density at radius 1 is 1.32 bits per heavy atom. The molecule has 0 spiro atoms. The van der Waals surface area contributed by atoms with E-state index in [-0.39, 0.29) is 29.4 Å². The van der Waals surface area contributed by atoms with Gasteiger partial charge in [-0.25, -0.2) is 0 Å². The summed E-state index contributed by atoms with van der Waals surface area (Å²) >= 11 is 0. The Bertz CT molecular complexity index is 754. The van der Waals surface area contributed by atoms with E-state index in [1.165, 1.54) is 6.07 Å². The van der Waals surface area contributed by atoms with Gasteiger partial charge in [-0.3, -0.25) is 14.9 Å². The van der Waals surface area contributed by atoms with E-state index in [1.54, 1.807) is 18.2 Å². The van der Waals surface area contributed by atoms with Crippen molar-refractivity contribution >= 4 is 23.8 Å². The molecule has 1 aliphatic heterocycles. The van der Waals surface area contributed by atoms with E-state index >= 15 is 0 Å². The molecule has 0 atom stereocenters. The third-order valence-electron chi connectivity index (χ3n) is 3.79. The molecule has 0 bridgehead atoms. The molecule has 0 unspecified atom stereocenters. The molecule has 1 fully saturated rings. The van der Waals surface area contributed by atoms with Crippen LogP contribution in [0.5, 0.6) is 5.75 Å². The summed E-state index contributed by atoms with van der Waals surface area (Å²) in [7, 11) is 0. The zero-order valence-electron chi connectivity index (χ0n) is 13.4. The van der Waals surface area contributed by atoms with Crippen LogP contribution in [0.3, 0.4) is 0 Å². The van der Waals surface area contributed by atoms with Crippen molar-refractivity contribution in [3.63, 3.8) is 0 Å². The van der Waals surface area contributed by atoms with Gasteiger partial charge >= 0.3 is 12.0 Å². The minimum Gasteiger partial charge on any atom is -0.426 e. The smallest absolute Gasteiger partial charge is 0.330 e. The monoisotopic (exact) mass is 346 g/mol. The fourth-order valence-electron chi connectivity index (χ4n) is 2.52. The van der Waals surface area contributed by atoms with Crippen molar-refractivity contribution < 1.29 is 23.6 Å². The summed E-state index contributed by atoms with van der Waals surface area (Å²) in [6.45, 7) is 1.35. The number of nitrogen functional groups attached to an aromatic ring is 1. The maximum atomic E-state index is 12.1. The van der Waals surface area contributed by atoms with Crippen molar-refractivity contribution in [2.45, 2.75) is 19.3 Å². The SMILES string of the molecule is Nc1noc(NC(=O)c2cccc(OC(=O)CC3CCOCC3)c2)n1. The molecular formula is C16H18N4O5. The van der Waals surface area contributed by atoms with Crippen LogP contribution in [-0.4, -0.2) is 35.2 Å². The number of benzene rings is 1. The van der Waals surface area contributed by atoms with Crippen molar-refractivity contribution in [1.29, 1.82) is 0 Å². The third kappa shape index (κ3) is 4.77. The number of nitrogens with one attached hydrogen (secondary N) is 1. The van der Waals surface area contributed by atoms with Gasteiger partial charge < -0.3 is 19.7 Å². The molecule has 1 aromatic heterocycles. The lowest BCUT2D eigenvalue weighted by atomic mass is 9.97. The first-order valence-electron chi connectivity index (χ1n) is 7.89. The summed E-state index contributed by atoms with van der Waals surface area (Å²) in [5, 5.41) is 5.79. The molecule has 3 rings (SSSR count). The number of nitrogens with two attached hydrogens (primary N) is 1. The molecule has 132 valence electrons.